The fourth-order valence-electron chi connectivity index (χ4n) is 4.36. The normalized spacial score (nSPS) is 24.6. The molecule has 5 rings (SSSR count). The lowest BCUT2D eigenvalue weighted by atomic mass is 10.1. The highest BCUT2D eigenvalue weighted by Gasteiger charge is 2.48. The van der Waals surface area contributed by atoms with E-state index in [0.29, 0.717) is 31.1 Å². The van der Waals surface area contributed by atoms with E-state index in [4.69, 9.17) is 4.74 Å². The number of hydrogen-bond donors (Lipinski definition) is 1. The maximum Gasteiger partial charge on any atom is 0.270 e. The molecule has 0 spiro atoms. The van der Waals surface area contributed by atoms with Crippen LogP contribution in [-0.4, -0.2) is 90.4 Å². The molecule has 10 heteroatoms. The Balaban J connectivity index is 1.39. The van der Waals surface area contributed by atoms with Gasteiger partial charge in [-0.05, 0) is 37.1 Å². The van der Waals surface area contributed by atoms with Crippen molar-refractivity contribution >= 4 is 32.7 Å². The molecule has 3 aliphatic rings. The maximum absolute atomic E-state index is 13.1. The summed E-state index contributed by atoms with van der Waals surface area (Å²) in [6.07, 6.45) is 1.44. The Kier molecular flexibility index (Phi) is 4.51. The number of fused-ring (bicyclic) bond motifs is 2. The van der Waals surface area contributed by atoms with Gasteiger partial charge in [0.2, 0.25) is 10.0 Å². The van der Waals surface area contributed by atoms with E-state index in [1.807, 2.05) is 23.1 Å². The molecule has 0 radical (unpaired) electrons. The Bertz CT molecular complexity index is 1120. The molecule has 1 aromatic heterocycles. The van der Waals surface area contributed by atoms with Crippen molar-refractivity contribution < 1.29 is 22.7 Å². The van der Waals surface area contributed by atoms with Gasteiger partial charge in [-0.15, -0.1) is 0 Å². The molecule has 1 unspecified atom stereocenters. The van der Waals surface area contributed by atoms with Crippen molar-refractivity contribution in [3.05, 3.63) is 30.0 Å². The number of rotatable bonds is 3. The van der Waals surface area contributed by atoms with Gasteiger partial charge in [0.25, 0.3) is 11.8 Å². The quantitative estimate of drug-likeness (QED) is 0.764. The molecule has 2 saturated heterocycles. The van der Waals surface area contributed by atoms with E-state index in [9.17, 15) is 18.0 Å². The van der Waals surface area contributed by atoms with Gasteiger partial charge in [-0.2, -0.15) is 0 Å². The number of carbonyl (C=O) groups is 2. The SMILES string of the molecule is COc1ccc2[nH]c(C(=O)N3CCN4CCS(=O)(=O)N(C5CC5)C(=O)C4C3)cc2c1. The van der Waals surface area contributed by atoms with Crippen LogP contribution >= 0.6 is 0 Å². The zero-order chi connectivity index (χ0) is 21.0. The molecular formula is C20H24N4O5S. The fraction of sp³-hybridized carbons (Fsp3) is 0.500. The predicted molar refractivity (Wildman–Crippen MR) is 110 cm³/mol. The number of piperazine rings is 1. The van der Waals surface area contributed by atoms with E-state index in [-0.39, 0.29) is 24.2 Å². The average molecular weight is 433 g/mol. The van der Waals surface area contributed by atoms with Crippen molar-refractivity contribution in [2.45, 2.75) is 24.9 Å². The third kappa shape index (κ3) is 3.24. The van der Waals surface area contributed by atoms with E-state index in [1.54, 1.807) is 18.1 Å². The number of aromatic nitrogens is 1. The number of ether oxygens (including phenoxy) is 1. The molecule has 0 bridgehead atoms. The largest absolute Gasteiger partial charge is 0.497 e. The summed E-state index contributed by atoms with van der Waals surface area (Å²) < 4.78 is 31.6. The predicted octanol–water partition coefficient (Wildman–Crippen LogP) is 0.637. The smallest absolute Gasteiger partial charge is 0.270 e. The molecule has 9 nitrogen and oxygen atoms in total. The molecule has 3 fully saturated rings. The van der Waals surface area contributed by atoms with Crippen molar-refractivity contribution in [1.82, 2.24) is 19.1 Å². The highest BCUT2D eigenvalue weighted by atomic mass is 32.2. The number of nitrogens with zero attached hydrogens (tertiary/aromatic N) is 3. The minimum absolute atomic E-state index is 0.0520. The second kappa shape index (κ2) is 6.98. The minimum Gasteiger partial charge on any atom is -0.497 e. The first-order valence-electron chi connectivity index (χ1n) is 10.1. The lowest BCUT2D eigenvalue weighted by molar-refractivity contribution is -0.133. The topological polar surface area (TPSA) is 103 Å². The van der Waals surface area contributed by atoms with Gasteiger partial charge in [-0.25, -0.2) is 12.7 Å². The Labute approximate surface area is 174 Å². The van der Waals surface area contributed by atoms with Crippen molar-refractivity contribution in [2.75, 3.05) is 39.0 Å². The molecule has 2 aliphatic heterocycles. The number of methoxy groups -OCH3 is 1. The molecule has 2 amide bonds. The fourth-order valence-corrected chi connectivity index (χ4v) is 6.08. The zero-order valence-corrected chi connectivity index (χ0v) is 17.5. The summed E-state index contributed by atoms with van der Waals surface area (Å²) in [5.41, 5.74) is 1.27. The van der Waals surface area contributed by atoms with Crippen LogP contribution in [0.2, 0.25) is 0 Å². The standard InChI is InChI=1S/C20H24N4O5S/c1-29-15-4-5-16-13(10-15)11-17(21-16)19(25)23-7-6-22-8-9-30(27,28)24(14-2-3-14)20(26)18(22)12-23/h4-5,10-11,14,18,21H,2-3,6-9,12H2,1H3. The summed E-state index contributed by atoms with van der Waals surface area (Å²) in [6, 6.07) is 6.48. The second-order valence-electron chi connectivity index (χ2n) is 8.12. The van der Waals surface area contributed by atoms with E-state index in [2.05, 4.69) is 4.98 Å². The van der Waals surface area contributed by atoms with Gasteiger partial charge < -0.3 is 14.6 Å². The van der Waals surface area contributed by atoms with Gasteiger partial charge in [-0.1, -0.05) is 0 Å². The van der Waals surface area contributed by atoms with Gasteiger partial charge in [0.05, 0.1) is 12.9 Å². The molecular weight excluding hydrogens is 408 g/mol. The highest BCUT2D eigenvalue weighted by Crippen LogP contribution is 2.33. The summed E-state index contributed by atoms with van der Waals surface area (Å²) in [5.74, 6) is 0.0694. The number of H-pyrrole nitrogens is 1. The first-order valence-corrected chi connectivity index (χ1v) is 11.7. The molecule has 1 aliphatic carbocycles. The van der Waals surface area contributed by atoms with Crippen LogP contribution in [0.1, 0.15) is 23.3 Å². The first-order chi connectivity index (χ1) is 14.4. The van der Waals surface area contributed by atoms with Crippen molar-refractivity contribution in [2.24, 2.45) is 0 Å². The third-order valence-electron chi connectivity index (χ3n) is 6.15. The van der Waals surface area contributed by atoms with Crippen LogP contribution in [0.5, 0.6) is 5.75 Å². The Morgan fingerprint density at radius 2 is 1.97 bits per heavy atom. The Hall–Kier alpha value is -2.59. The van der Waals surface area contributed by atoms with Crippen molar-refractivity contribution in [3.8, 4) is 5.75 Å². The van der Waals surface area contributed by atoms with E-state index in [0.717, 1.165) is 28.0 Å². The summed E-state index contributed by atoms with van der Waals surface area (Å²) in [5, 5.41) is 0.868. The third-order valence-corrected chi connectivity index (χ3v) is 7.93. The number of amides is 2. The van der Waals surface area contributed by atoms with Gasteiger partial charge in [0.1, 0.15) is 17.5 Å². The van der Waals surface area contributed by atoms with Crippen LogP contribution < -0.4 is 4.74 Å². The van der Waals surface area contributed by atoms with Crippen LogP contribution in [0.3, 0.4) is 0 Å². The van der Waals surface area contributed by atoms with E-state index >= 15 is 0 Å². The average Bonchev–Trinajstić information content (AvgIpc) is 3.48. The summed E-state index contributed by atoms with van der Waals surface area (Å²) in [4.78, 5) is 33.0. The maximum atomic E-state index is 13.1. The molecule has 1 saturated carbocycles. The lowest BCUT2D eigenvalue weighted by Crippen LogP contribution is -2.59. The number of carbonyl (C=O) groups excluding carboxylic acids is 2. The lowest BCUT2D eigenvalue weighted by Gasteiger charge is -2.39. The molecule has 3 heterocycles. The molecule has 1 aromatic carbocycles. The van der Waals surface area contributed by atoms with Crippen molar-refractivity contribution in [1.29, 1.82) is 0 Å². The van der Waals surface area contributed by atoms with Gasteiger partial charge in [0, 0.05) is 43.1 Å². The van der Waals surface area contributed by atoms with E-state index in [1.165, 1.54) is 0 Å². The number of nitrogens with one attached hydrogen (secondary N) is 1. The van der Waals surface area contributed by atoms with E-state index < -0.39 is 22.0 Å². The number of benzene rings is 1. The van der Waals surface area contributed by atoms with Crippen LogP contribution in [0, 0.1) is 0 Å². The summed E-state index contributed by atoms with van der Waals surface area (Å²) in [7, 11) is -2.01. The van der Waals surface area contributed by atoms with Crippen LogP contribution in [0.25, 0.3) is 10.9 Å². The van der Waals surface area contributed by atoms with Gasteiger partial charge in [0.15, 0.2) is 0 Å². The zero-order valence-electron chi connectivity index (χ0n) is 16.7. The Morgan fingerprint density at radius 3 is 2.70 bits per heavy atom. The monoisotopic (exact) mass is 432 g/mol. The molecule has 160 valence electrons. The molecule has 1 atom stereocenters. The first kappa shape index (κ1) is 19.4. The van der Waals surface area contributed by atoms with Crippen LogP contribution in [-0.2, 0) is 14.8 Å². The molecule has 30 heavy (non-hydrogen) atoms. The molecule has 1 N–H and O–H groups in total. The summed E-state index contributed by atoms with van der Waals surface area (Å²) >= 11 is 0. The number of aromatic amines is 1. The summed E-state index contributed by atoms with van der Waals surface area (Å²) in [6.45, 7) is 1.43. The van der Waals surface area contributed by atoms with Gasteiger partial charge >= 0.3 is 0 Å². The number of sulfonamides is 1. The van der Waals surface area contributed by atoms with Gasteiger partial charge in [-0.3, -0.25) is 14.5 Å². The van der Waals surface area contributed by atoms with Crippen LogP contribution in [0.15, 0.2) is 24.3 Å². The Morgan fingerprint density at radius 1 is 1.17 bits per heavy atom. The number of hydrogen-bond acceptors (Lipinski definition) is 6. The van der Waals surface area contributed by atoms with Crippen LogP contribution in [0.4, 0.5) is 0 Å². The van der Waals surface area contributed by atoms with Crippen molar-refractivity contribution in [3.63, 3.8) is 0 Å². The molecule has 2 aromatic rings. The second-order valence-corrected chi connectivity index (χ2v) is 10.1. The minimum atomic E-state index is -3.60. The highest BCUT2D eigenvalue weighted by molar-refractivity contribution is 7.89.